The molecule has 0 aromatic carbocycles. The normalized spacial score (nSPS) is 21.2. The van der Waals surface area contributed by atoms with Crippen LogP contribution in [0.5, 0.6) is 0 Å². The van der Waals surface area contributed by atoms with Gasteiger partial charge in [0.25, 0.3) is 0 Å². The van der Waals surface area contributed by atoms with Gasteiger partial charge in [-0.2, -0.15) is 5.10 Å². The average molecular weight is 321 g/mol. The number of aliphatic carboxylic acids is 1. The Morgan fingerprint density at radius 3 is 2.39 bits per heavy atom. The lowest BCUT2D eigenvalue weighted by molar-refractivity contribution is -0.152. The predicted octanol–water partition coefficient (Wildman–Crippen LogP) is 2.37. The molecule has 1 aliphatic rings. The standard InChI is InChI=1S/C17H27N3O3/c1-5-20-12(3)15(11(2)18-20)10-19(4)16(21)13-8-6-7-9-14(13)17(22)23/h13-14H,5-10H2,1-4H3,(H,22,23)/t13-,14-/m1/s1. The first-order chi connectivity index (χ1) is 10.9. The summed E-state index contributed by atoms with van der Waals surface area (Å²) in [6.07, 6.45) is 3.10. The molecule has 1 heterocycles. The second kappa shape index (κ2) is 7.15. The van der Waals surface area contributed by atoms with Gasteiger partial charge in [-0.25, -0.2) is 0 Å². The molecule has 1 N–H and O–H groups in total. The van der Waals surface area contributed by atoms with Crippen LogP contribution >= 0.6 is 0 Å². The fraction of sp³-hybridized carbons (Fsp3) is 0.706. The Morgan fingerprint density at radius 1 is 1.26 bits per heavy atom. The van der Waals surface area contributed by atoms with Gasteiger partial charge in [-0.1, -0.05) is 12.8 Å². The maximum Gasteiger partial charge on any atom is 0.307 e. The van der Waals surface area contributed by atoms with Crippen molar-refractivity contribution in [1.82, 2.24) is 14.7 Å². The number of amides is 1. The molecule has 2 rings (SSSR count). The van der Waals surface area contributed by atoms with E-state index < -0.39 is 17.8 Å². The summed E-state index contributed by atoms with van der Waals surface area (Å²) < 4.78 is 1.93. The van der Waals surface area contributed by atoms with Crippen LogP contribution in [-0.2, 0) is 22.7 Å². The molecule has 1 saturated carbocycles. The van der Waals surface area contributed by atoms with Crippen LogP contribution in [0.15, 0.2) is 0 Å². The van der Waals surface area contributed by atoms with Crippen molar-refractivity contribution in [3.05, 3.63) is 17.0 Å². The Kier molecular flexibility index (Phi) is 5.44. The number of aromatic nitrogens is 2. The molecule has 1 amide bonds. The third-order valence-electron chi connectivity index (χ3n) is 5.00. The number of aryl methyl sites for hydroxylation is 2. The zero-order valence-corrected chi connectivity index (χ0v) is 14.5. The summed E-state index contributed by atoms with van der Waals surface area (Å²) >= 11 is 0. The van der Waals surface area contributed by atoms with E-state index in [9.17, 15) is 14.7 Å². The highest BCUT2D eigenvalue weighted by atomic mass is 16.4. The van der Waals surface area contributed by atoms with Crippen LogP contribution in [0.1, 0.15) is 49.6 Å². The molecular formula is C17H27N3O3. The van der Waals surface area contributed by atoms with Crippen molar-refractivity contribution < 1.29 is 14.7 Å². The van der Waals surface area contributed by atoms with Gasteiger partial charge in [-0.3, -0.25) is 14.3 Å². The first kappa shape index (κ1) is 17.5. The van der Waals surface area contributed by atoms with E-state index in [0.717, 1.165) is 36.3 Å². The molecule has 1 fully saturated rings. The van der Waals surface area contributed by atoms with E-state index in [-0.39, 0.29) is 5.91 Å². The number of nitrogens with zero attached hydrogens (tertiary/aromatic N) is 3. The quantitative estimate of drug-likeness (QED) is 0.903. The molecule has 23 heavy (non-hydrogen) atoms. The second-order valence-electron chi connectivity index (χ2n) is 6.50. The molecule has 1 aromatic heterocycles. The Bertz CT molecular complexity index is 594. The number of carbonyl (C=O) groups excluding carboxylic acids is 1. The van der Waals surface area contributed by atoms with Crippen LogP contribution < -0.4 is 0 Å². The summed E-state index contributed by atoms with van der Waals surface area (Å²) in [7, 11) is 1.76. The molecule has 1 aromatic rings. The fourth-order valence-corrected chi connectivity index (χ4v) is 3.59. The third kappa shape index (κ3) is 3.57. The molecule has 0 spiro atoms. The smallest absolute Gasteiger partial charge is 0.307 e. The van der Waals surface area contributed by atoms with Gasteiger partial charge in [0, 0.05) is 31.4 Å². The molecule has 128 valence electrons. The molecule has 6 heteroatoms. The van der Waals surface area contributed by atoms with E-state index in [0.29, 0.717) is 19.4 Å². The van der Waals surface area contributed by atoms with E-state index in [4.69, 9.17) is 0 Å². The Balaban J connectivity index is 2.13. The minimum atomic E-state index is -0.845. The zero-order valence-electron chi connectivity index (χ0n) is 14.5. The van der Waals surface area contributed by atoms with Crippen molar-refractivity contribution >= 4 is 11.9 Å². The van der Waals surface area contributed by atoms with E-state index in [1.807, 2.05) is 25.5 Å². The number of rotatable bonds is 5. The number of carbonyl (C=O) groups is 2. The van der Waals surface area contributed by atoms with Crippen molar-refractivity contribution in [2.45, 2.75) is 59.5 Å². The van der Waals surface area contributed by atoms with Crippen LogP contribution in [-0.4, -0.2) is 38.7 Å². The molecule has 0 unspecified atom stereocenters. The number of carboxylic acid groups (broad SMARTS) is 1. The van der Waals surface area contributed by atoms with E-state index in [1.54, 1.807) is 11.9 Å². The first-order valence-electron chi connectivity index (χ1n) is 8.37. The molecule has 0 aliphatic heterocycles. The average Bonchev–Trinajstić information content (AvgIpc) is 2.81. The topological polar surface area (TPSA) is 75.4 Å². The van der Waals surface area contributed by atoms with E-state index in [2.05, 4.69) is 5.10 Å². The molecule has 0 radical (unpaired) electrons. The third-order valence-corrected chi connectivity index (χ3v) is 5.00. The van der Waals surface area contributed by atoms with Gasteiger partial charge >= 0.3 is 5.97 Å². The minimum Gasteiger partial charge on any atom is -0.481 e. The van der Waals surface area contributed by atoms with Crippen LogP contribution in [0.4, 0.5) is 0 Å². The lowest BCUT2D eigenvalue weighted by Gasteiger charge is -2.31. The lowest BCUT2D eigenvalue weighted by atomic mass is 9.78. The zero-order chi connectivity index (χ0) is 17.1. The minimum absolute atomic E-state index is 0.0554. The highest BCUT2D eigenvalue weighted by molar-refractivity contribution is 5.84. The van der Waals surface area contributed by atoms with Crippen LogP contribution in [0, 0.1) is 25.7 Å². The van der Waals surface area contributed by atoms with Gasteiger partial charge in [0.2, 0.25) is 5.91 Å². The van der Waals surface area contributed by atoms with Crippen LogP contribution in [0.3, 0.4) is 0 Å². The molecular weight excluding hydrogens is 294 g/mol. The van der Waals surface area contributed by atoms with Crippen molar-refractivity contribution in [1.29, 1.82) is 0 Å². The van der Waals surface area contributed by atoms with E-state index in [1.165, 1.54) is 0 Å². The summed E-state index contributed by atoms with van der Waals surface area (Å²) in [5, 5.41) is 13.8. The van der Waals surface area contributed by atoms with E-state index >= 15 is 0 Å². The first-order valence-corrected chi connectivity index (χ1v) is 8.37. The van der Waals surface area contributed by atoms with Gasteiger partial charge in [-0.15, -0.1) is 0 Å². The van der Waals surface area contributed by atoms with Gasteiger partial charge in [0.15, 0.2) is 0 Å². The van der Waals surface area contributed by atoms with Gasteiger partial charge in [0.05, 0.1) is 17.5 Å². The van der Waals surface area contributed by atoms with Gasteiger partial charge < -0.3 is 10.0 Å². The summed E-state index contributed by atoms with van der Waals surface area (Å²) in [5.41, 5.74) is 3.07. The maximum atomic E-state index is 12.8. The van der Waals surface area contributed by atoms with Crippen molar-refractivity contribution in [2.75, 3.05) is 7.05 Å². The molecule has 6 nitrogen and oxygen atoms in total. The largest absolute Gasteiger partial charge is 0.481 e. The Labute approximate surface area is 137 Å². The lowest BCUT2D eigenvalue weighted by Crippen LogP contribution is -2.40. The number of hydrogen-bond donors (Lipinski definition) is 1. The molecule has 0 bridgehead atoms. The summed E-state index contributed by atoms with van der Waals surface area (Å²) in [6.45, 7) is 7.29. The fourth-order valence-electron chi connectivity index (χ4n) is 3.59. The Morgan fingerprint density at radius 2 is 1.87 bits per heavy atom. The predicted molar refractivity (Wildman–Crippen MR) is 86.9 cm³/mol. The Hall–Kier alpha value is -1.85. The monoisotopic (exact) mass is 321 g/mol. The van der Waals surface area contributed by atoms with Gasteiger partial charge in [0.1, 0.15) is 0 Å². The highest BCUT2D eigenvalue weighted by Crippen LogP contribution is 2.32. The van der Waals surface area contributed by atoms with Crippen LogP contribution in [0.25, 0.3) is 0 Å². The second-order valence-corrected chi connectivity index (χ2v) is 6.50. The summed E-state index contributed by atoms with van der Waals surface area (Å²) in [4.78, 5) is 25.8. The van der Waals surface area contributed by atoms with Crippen molar-refractivity contribution in [3.63, 3.8) is 0 Å². The molecule has 2 atom stereocenters. The molecule has 1 aliphatic carbocycles. The maximum absolute atomic E-state index is 12.8. The highest BCUT2D eigenvalue weighted by Gasteiger charge is 2.37. The SMILES string of the molecule is CCn1nc(C)c(CN(C)C(=O)[C@@H]2CCCC[C@H]2C(=O)O)c1C. The van der Waals surface area contributed by atoms with Crippen LogP contribution in [0.2, 0.25) is 0 Å². The van der Waals surface area contributed by atoms with Gasteiger partial charge in [-0.05, 0) is 33.6 Å². The molecule has 0 saturated heterocycles. The number of carboxylic acids is 1. The summed E-state index contributed by atoms with van der Waals surface area (Å²) in [5.74, 6) is -1.84. The number of hydrogen-bond acceptors (Lipinski definition) is 3. The van der Waals surface area contributed by atoms with Crippen molar-refractivity contribution in [2.24, 2.45) is 11.8 Å². The van der Waals surface area contributed by atoms with Crippen molar-refractivity contribution in [3.8, 4) is 0 Å². The summed E-state index contributed by atoms with van der Waals surface area (Å²) in [6, 6.07) is 0.